The lowest BCUT2D eigenvalue weighted by Crippen LogP contribution is -2.42. The van der Waals surface area contributed by atoms with Crippen LogP contribution in [0.25, 0.3) is 0 Å². The van der Waals surface area contributed by atoms with Gasteiger partial charge in [0.2, 0.25) is 5.91 Å². The van der Waals surface area contributed by atoms with E-state index in [-0.39, 0.29) is 60.4 Å². The van der Waals surface area contributed by atoms with E-state index in [1.165, 1.54) is 6.92 Å². The molecule has 256 valence electrons. The molecule has 0 heterocycles. The molecule has 3 unspecified atom stereocenters. The van der Waals surface area contributed by atoms with Gasteiger partial charge in [0.25, 0.3) is 11.8 Å². The summed E-state index contributed by atoms with van der Waals surface area (Å²) in [6.45, 7) is 3.47. The molecule has 3 amide bonds. The van der Waals surface area contributed by atoms with Gasteiger partial charge in [0.1, 0.15) is 13.2 Å². The van der Waals surface area contributed by atoms with Gasteiger partial charge < -0.3 is 44.7 Å². The van der Waals surface area contributed by atoms with Crippen molar-refractivity contribution < 1.29 is 62.7 Å². The van der Waals surface area contributed by atoms with Crippen molar-refractivity contribution >= 4 is 115 Å². The Hall–Kier alpha value is -2.38. The largest absolute Gasteiger partial charge is 0.462 e. The molecule has 1 aromatic rings. The SMILES string of the molecule is CC(=O)OCC(CNC(=O)c1c(I)c(C(=O)NCC(COC(C)=O)OC(C)=O)c(I)c(N(CC(O)CO)C(C)=O)c1I)OC(C)=O. The number of esters is 4. The number of amides is 3. The van der Waals surface area contributed by atoms with E-state index >= 15 is 0 Å². The lowest BCUT2D eigenvalue weighted by Gasteiger charge is -2.29. The number of halogens is 3. The second kappa shape index (κ2) is 20.1. The van der Waals surface area contributed by atoms with E-state index in [0.717, 1.165) is 32.6 Å². The van der Waals surface area contributed by atoms with Crippen molar-refractivity contribution in [2.75, 3.05) is 44.4 Å². The third kappa shape index (κ3) is 13.4. The Labute approximate surface area is 305 Å². The number of hydrogen-bond acceptors (Lipinski definition) is 13. The summed E-state index contributed by atoms with van der Waals surface area (Å²) in [5.74, 6) is -4.72. The Morgan fingerprint density at radius 3 is 1.39 bits per heavy atom. The summed E-state index contributed by atoms with van der Waals surface area (Å²) < 4.78 is 20.6. The highest BCUT2D eigenvalue weighted by molar-refractivity contribution is 14.1. The summed E-state index contributed by atoms with van der Waals surface area (Å²) in [6, 6.07) is 0. The molecule has 1 aromatic carbocycles. The van der Waals surface area contributed by atoms with Gasteiger partial charge in [-0.2, -0.15) is 0 Å². The predicted molar refractivity (Wildman–Crippen MR) is 185 cm³/mol. The standard InChI is InChI=1S/C27H34I3N3O13/c1-12(35)33(8-17(40)9-34)25-23(29)20(26(41)31-6-18(45-15(4)38)10-43-13(2)36)22(28)21(24(25)30)27(42)32-7-19(46-16(5)39)11-44-14(3)37/h17-19,34,40H,6-11H2,1-5H3,(H,31,41)(H,32,42). The third-order valence-corrected chi connectivity index (χ3v) is 8.77. The van der Waals surface area contributed by atoms with Crippen molar-refractivity contribution in [1.82, 2.24) is 10.6 Å². The van der Waals surface area contributed by atoms with E-state index in [4.69, 9.17) is 18.9 Å². The average Bonchev–Trinajstić information content (AvgIpc) is 2.94. The Kier molecular flexibility index (Phi) is 18.2. The van der Waals surface area contributed by atoms with Crippen molar-refractivity contribution in [3.63, 3.8) is 0 Å². The van der Waals surface area contributed by atoms with Gasteiger partial charge in [0.05, 0.1) is 56.3 Å². The third-order valence-electron chi connectivity index (χ3n) is 5.59. The molecule has 19 heteroatoms. The molecular weight excluding hydrogens is 955 g/mol. The number of nitrogens with one attached hydrogen (secondary N) is 2. The first-order valence-corrected chi connectivity index (χ1v) is 16.6. The van der Waals surface area contributed by atoms with Crippen LogP contribution >= 0.6 is 67.8 Å². The molecule has 0 aromatic heterocycles. The molecule has 0 aliphatic carbocycles. The molecular formula is C27H34I3N3O13. The van der Waals surface area contributed by atoms with Crippen LogP contribution in [0.1, 0.15) is 55.3 Å². The van der Waals surface area contributed by atoms with Crippen molar-refractivity contribution in [2.24, 2.45) is 0 Å². The van der Waals surface area contributed by atoms with Gasteiger partial charge in [-0.3, -0.25) is 33.6 Å². The lowest BCUT2D eigenvalue weighted by molar-refractivity contribution is -0.155. The quantitative estimate of drug-likeness (QED) is 0.102. The van der Waals surface area contributed by atoms with E-state index in [9.17, 15) is 43.8 Å². The maximum Gasteiger partial charge on any atom is 0.303 e. The van der Waals surface area contributed by atoms with E-state index in [1.54, 1.807) is 22.6 Å². The highest BCUT2D eigenvalue weighted by Gasteiger charge is 2.32. The number of hydrogen-bond donors (Lipinski definition) is 4. The molecule has 0 fully saturated rings. The number of aliphatic hydroxyl groups is 2. The topological polar surface area (TPSA) is 224 Å². The molecule has 46 heavy (non-hydrogen) atoms. The van der Waals surface area contributed by atoms with Crippen LogP contribution in [0.15, 0.2) is 0 Å². The molecule has 16 nitrogen and oxygen atoms in total. The van der Waals surface area contributed by atoms with Gasteiger partial charge in [-0.25, -0.2) is 0 Å². The van der Waals surface area contributed by atoms with Gasteiger partial charge in [-0.15, -0.1) is 0 Å². The normalized spacial score (nSPS) is 12.6. The van der Waals surface area contributed by atoms with Crippen LogP contribution in [0.3, 0.4) is 0 Å². The molecule has 0 radical (unpaired) electrons. The summed E-state index contributed by atoms with van der Waals surface area (Å²) >= 11 is 5.42. The Balaban J connectivity index is 3.69. The molecule has 4 N–H and O–H groups in total. The first-order valence-electron chi connectivity index (χ1n) is 13.4. The van der Waals surface area contributed by atoms with Crippen molar-refractivity contribution in [3.8, 4) is 0 Å². The number of aliphatic hydroxyl groups excluding tert-OH is 2. The van der Waals surface area contributed by atoms with Crippen LogP contribution in [-0.4, -0.2) is 110 Å². The first-order chi connectivity index (χ1) is 21.4. The van der Waals surface area contributed by atoms with Crippen LogP contribution in [-0.2, 0) is 42.9 Å². The summed E-state index contributed by atoms with van der Waals surface area (Å²) in [6.07, 6.45) is -3.45. The zero-order valence-electron chi connectivity index (χ0n) is 25.4. The molecule has 0 spiro atoms. The molecule has 0 aliphatic heterocycles. The van der Waals surface area contributed by atoms with Gasteiger partial charge in [0.15, 0.2) is 12.2 Å². The smallest absolute Gasteiger partial charge is 0.303 e. The second-order valence-corrected chi connectivity index (χ2v) is 12.7. The minimum atomic E-state index is -1.36. The number of nitrogens with zero attached hydrogens (tertiary/aromatic N) is 1. The number of carbonyl (C=O) groups excluding carboxylic acids is 7. The summed E-state index contributed by atoms with van der Waals surface area (Å²) in [5.41, 5.74) is -0.0288. The maximum absolute atomic E-state index is 13.7. The van der Waals surface area contributed by atoms with Crippen LogP contribution in [0, 0.1) is 10.7 Å². The van der Waals surface area contributed by atoms with Crippen LogP contribution < -0.4 is 15.5 Å². The zero-order valence-corrected chi connectivity index (χ0v) is 31.9. The molecule has 3 atom stereocenters. The monoisotopic (exact) mass is 989 g/mol. The van der Waals surface area contributed by atoms with Gasteiger partial charge >= 0.3 is 23.9 Å². The van der Waals surface area contributed by atoms with E-state index in [0.29, 0.717) is 0 Å². The van der Waals surface area contributed by atoms with Crippen molar-refractivity contribution in [1.29, 1.82) is 0 Å². The number of ether oxygens (including phenoxy) is 4. The van der Waals surface area contributed by atoms with Crippen LogP contribution in [0.4, 0.5) is 5.69 Å². The fourth-order valence-corrected chi connectivity index (χ4v) is 8.41. The number of carbonyl (C=O) groups is 7. The van der Waals surface area contributed by atoms with Crippen molar-refractivity contribution in [3.05, 3.63) is 21.8 Å². The number of anilines is 1. The van der Waals surface area contributed by atoms with Crippen molar-refractivity contribution in [2.45, 2.75) is 52.9 Å². The molecule has 0 aliphatic rings. The highest BCUT2D eigenvalue weighted by atomic mass is 127. The van der Waals surface area contributed by atoms with Crippen LogP contribution in [0.2, 0.25) is 0 Å². The summed E-state index contributed by atoms with van der Waals surface area (Å²) in [7, 11) is 0. The molecule has 0 saturated carbocycles. The van der Waals surface area contributed by atoms with Gasteiger partial charge in [-0.1, -0.05) is 0 Å². The van der Waals surface area contributed by atoms with Gasteiger partial charge in [-0.05, 0) is 67.8 Å². The predicted octanol–water partition coefficient (Wildman–Crippen LogP) is 0.656. The Morgan fingerprint density at radius 2 is 1.09 bits per heavy atom. The Bertz CT molecular complexity index is 1260. The van der Waals surface area contributed by atoms with Gasteiger partial charge in [0, 0.05) is 38.2 Å². The zero-order chi connectivity index (χ0) is 35.3. The molecule has 0 bridgehead atoms. The first kappa shape index (κ1) is 41.6. The minimum Gasteiger partial charge on any atom is -0.462 e. The summed E-state index contributed by atoms with van der Waals surface area (Å²) in [5, 5.41) is 24.8. The number of benzene rings is 1. The van der Waals surface area contributed by atoms with E-state index in [2.05, 4.69) is 10.6 Å². The van der Waals surface area contributed by atoms with Crippen LogP contribution in [0.5, 0.6) is 0 Å². The summed E-state index contributed by atoms with van der Waals surface area (Å²) in [4.78, 5) is 86.9. The molecule has 0 saturated heterocycles. The fraction of sp³-hybridized carbons (Fsp3) is 0.519. The van der Waals surface area contributed by atoms with E-state index in [1.807, 2.05) is 45.2 Å². The maximum atomic E-state index is 13.7. The fourth-order valence-electron chi connectivity index (χ4n) is 3.68. The lowest BCUT2D eigenvalue weighted by atomic mass is 10.1. The second-order valence-electron chi connectivity index (χ2n) is 9.49. The average molecular weight is 989 g/mol. The number of rotatable bonds is 16. The van der Waals surface area contributed by atoms with E-state index < -0.39 is 66.5 Å². The Morgan fingerprint density at radius 1 is 0.696 bits per heavy atom. The minimum absolute atomic E-state index is 0.0583. The highest BCUT2D eigenvalue weighted by Crippen LogP contribution is 2.38. The molecule has 1 rings (SSSR count).